The Hall–Kier alpha value is -0.650. The lowest BCUT2D eigenvalue weighted by molar-refractivity contribution is -0.0439. The quantitative estimate of drug-likeness (QED) is 0.772. The average Bonchev–Trinajstić information content (AvgIpc) is 2.57. The van der Waals surface area contributed by atoms with Crippen LogP contribution in [0.2, 0.25) is 5.02 Å². The topological polar surface area (TPSA) is 24.9 Å². The van der Waals surface area contributed by atoms with Crippen molar-refractivity contribution in [3.8, 4) is 0 Å². The van der Waals surface area contributed by atoms with Gasteiger partial charge in [0.05, 0.1) is 25.9 Å². The molecule has 0 spiro atoms. The van der Waals surface area contributed by atoms with Crippen LogP contribution in [0.1, 0.15) is 19.4 Å². The smallest absolute Gasteiger partial charge is 0.0743 e. The van der Waals surface area contributed by atoms with Crippen LogP contribution in [0.5, 0.6) is 0 Å². The number of ether oxygens (including phenoxy) is 2. The summed E-state index contributed by atoms with van der Waals surface area (Å²) in [6.45, 7) is 13.6. The Morgan fingerprint density at radius 1 is 1.04 bits per heavy atom. The van der Waals surface area contributed by atoms with Crippen molar-refractivity contribution in [3.05, 3.63) is 34.9 Å². The van der Waals surface area contributed by atoms with Gasteiger partial charge in [-0.25, -0.2) is 0 Å². The minimum absolute atomic E-state index is 0.229. The van der Waals surface area contributed by atoms with E-state index in [1.807, 2.05) is 18.2 Å². The van der Waals surface area contributed by atoms with Crippen LogP contribution in [0.15, 0.2) is 24.3 Å². The van der Waals surface area contributed by atoms with E-state index in [2.05, 4.69) is 29.7 Å². The molecule has 140 valence electrons. The summed E-state index contributed by atoms with van der Waals surface area (Å²) in [4.78, 5) is 5.09. The van der Waals surface area contributed by atoms with Crippen molar-refractivity contribution in [2.24, 2.45) is 5.41 Å². The van der Waals surface area contributed by atoms with Crippen LogP contribution < -0.4 is 0 Å². The molecule has 1 atom stereocenters. The Kier molecular flexibility index (Phi) is 6.75. The van der Waals surface area contributed by atoms with Gasteiger partial charge in [-0.05, 0) is 17.0 Å². The van der Waals surface area contributed by atoms with E-state index in [-0.39, 0.29) is 11.5 Å². The van der Waals surface area contributed by atoms with Gasteiger partial charge in [0.15, 0.2) is 0 Å². The first kappa shape index (κ1) is 19.1. The van der Waals surface area contributed by atoms with E-state index in [9.17, 15) is 0 Å². The Bertz CT molecular complexity index is 546. The van der Waals surface area contributed by atoms with E-state index >= 15 is 0 Å². The molecule has 2 saturated heterocycles. The molecule has 0 amide bonds. The number of hydrogen-bond acceptors (Lipinski definition) is 4. The lowest BCUT2D eigenvalue weighted by Gasteiger charge is -2.41. The van der Waals surface area contributed by atoms with E-state index in [4.69, 9.17) is 21.1 Å². The minimum atomic E-state index is 0.229. The molecule has 1 aromatic rings. The molecule has 2 aliphatic rings. The van der Waals surface area contributed by atoms with Gasteiger partial charge in [0.25, 0.3) is 0 Å². The van der Waals surface area contributed by atoms with Gasteiger partial charge < -0.3 is 9.47 Å². The van der Waals surface area contributed by atoms with Crippen molar-refractivity contribution in [1.82, 2.24) is 9.80 Å². The van der Waals surface area contributed by atoms with Gasteiger partial charge in [0, 0.05) is 50.7 Å². The maximum absolute atomic E-state index is 6.31. The summed E-state index contributed by atoms with van der Waals surface area (Å²) in [7, 11) is 0. The highest BCUT2D eigenvalue weighted by molar-refractivity contribution is 6.31. The molecule has 1 aromatic carbocycles. The maximum atomic E-state index is 6.31. The summed E-state index contributed by atoms with van der Waals surface area (Å²) in [5.41, 5.74) is 1.45. The number of halogens is 1. The van der Waals surface area contributed by atoms with Crippen LogP contribution in [0.25, 0.3) is 0 Å². The molecule has 4 nitrogen and oxygen atoms in total. The molecule has 3 rings (SSSR count). The third-order valence-electron chi connectivity index (χ3n) is 5.04. The second-order valence-electron chi connectivity index (χ2n) is 8.08. The molecule has 5 heteroatoms. The number of rotatable bonds is 6. The Morgan fingerprint density at radius 2 is 1.72 bits per heavy atom. The highest BCUT2D eigenvalue weighted by Gasteiger charge is 2.29. The molecule has 0 aromatic heterocycles. The van der Waals surface area contributed by atoms with Gasteiger partial charge >= 0.3 is 0 Å². The molecule has 0 saturated carbocycles. The highest BCUT2D eigenvalue weighted by Crippen LogP contribution is 2.23. The average molecular weight is 367 g/mol. The van der Waals surface area contributed by atoms with E-state index in [0.717, 1.165) is 70.5 Å². The van der Waals surface area contributed by atoms with Gasteiger partial charge in [-0.3, -0.25) is 9.80 Å². The molecular weight excluding hydrogens is 336 g/mol. The lowest BCUT2D eigenvalue weighted by atomic mass is 9.91. The Morgan fingerprint density at radius 3 is 2.48 bits per heavy atom. The lowest BCUT2D eigenvalue weighted by Crippen LogP contribution is -2.50. The summed E-state index contributed by atoms with van der Waals surface area (Å²) >= 11 is 6.31. The molecule has 2 fully saturated rings. The molecular formula is C20H31ClN2O2. The largest absolute Gasteiger partial charge is 0.379 e. The summed E-state index contributed by atoms with van der Waals surface area (Å²) in [5, 5.41) is 0.843. The second kappa shape index (κ2) is 8.83. The first-order chi connectivity index (χ1) is 12.0. The number of morpholine rings is 2. The molecule has 2 heterocycles. The fourth-order valence-electron chi connectivity index (χ4n) is 3.98. The van der Waals surface area contributed by atoms with Crippen molar-refractivity contribution >= 4 is 11.6 Å². The van der Waals surface area contributed by atoms with Gasteiger partial charge in [0.2, 0.25) is 0 Å². The van der Waals surface area contributed by atoms with Gasteiger partial charge in [-0.15, -0.1) is 0 Å². The maximum Gasteiger partial charge on any atom is 0.0743 e. The van der Waals surface area contributed by atoms with Crippen molar-refractivity contribution in [2.45, 2.75) is 26.4 Å². The fourth-order valence-corrected chi connectivity index (χ4v) is 4.19. The number of hydrogen-bond donors (Lipinski definition) is 0. The summed E-state index contributed by atoms with van der Waals surface area (Å²) in [6, 6.07) is 8.09. The fraction of sp³-hybridized carbons (Fsp3) is 0.700. The molecule has 0 radical (unpaired) electrons. The van der Waals surface area contributed by atoms with Gasteiger partial charge in [0.1, 0.15) is 0 Å². The third-order valence-corrected chi connectivity index (χ3v) is 5.40. The zero-order valence-electron chi connectivity index (χ0n) is 15.5. The number of nitrogens with zero attached hydrogens (tertiary/aromatic N) is 2. The first-order valence-electron chi connectivity index (χ1n) is 9.39. The van der Waals surface area contributed by atoms with Gasteiger partial charge in [-0.1, -0.05) is 43.6 Å². The van der Waals surface area contributed by atoms with Crippen LogP contribution in [-0.4, -0.2) is 75.0 Å². The van der Waals surface area contributed by atoms with Crippen LogP contribution in [0.3, 0.4) is 0 Å². The predicted molar refractivity (Wildman–Crippen MR) is 102 cm³/mol. The highest BCUT2D eigenvalue weighted by atomic mass is 35.5. The molecule has 25 heavy (non-hydrogen) atoms. The zero-order valence-corrected chi connectivity index (χ0v) is 16.3. The van der Waals surface area contributed by atoms with Crippen molar-refractivity contribution in [3.63, 3.8) is 0 Å². The van der Waals surface area contributed by atoms with Gasteiger partial charge in [-0.2, -0.15) is 0 Å². The molecule has 0 bridgehead atoms. The Labute approximate surface area is 157 Å². The van der Waals surface area contributed by atoms with Crippen molar-refractivity contribution in [2.75, 3.05) is 59.1 Å². The second-order valence-corrected chi connectivity index (χ2v) is 8.48. The van der Waals surface area contributed by atoms with Crippen LogP contribution in [-0.2, 0) is 15.9 Å². The molecule has 0 unspecified atom stereocenters. The summed E-state index contributed by atoms with van der Waals surface area (Å²) < 4.78 is 11.5. The molecule has 2 aliphatic heterocycles. The van der Waals surface area contributed by atoms with E-state index in [1.165, 1.54) is 5.56 Å². The zero-order chi connectivity index (χ0) is 17.7. The third kappa shape index (κ3) is 5.93. The summed E-state index contributed by atoms with van der Waals surface area (Å²) in [5.74, 6) is 0. The van der Waals surface area contributed by atoms with Crippen LogP contribution in [0, 0.1) is 5.41 Å². The monoisotopic (exact) mass is 366 g/mol. The van der Waals surface area contributed by atoms with Crippen LogP contribution in [0.4, 0.5) is 0 Å². The van der Waals surface area contributed by atoms with Crippen molar-refractivity contribution in [1.29, 1.82) is 0 Å². The summed E-state index contributed by atoms with van der Waals surface area (Å²) in [6.07, 6.45) is 1.12. The normalized spacial score (nSPS) is 23.7. The van der Waals surface area contributed by atoms with E-state index in [0.29, 0.717) is 0 Å². The standard InChI is InChI=1S/C20H31ClN2O2/c1-20(2,15-22-7-10-24-11-8-22)16-23-9-12-25-18(14-23)13-17-5-3-4-6-19(17)21/h3-6,18H,7-16H2,1-2H3/t18-/m0/s1. The molecule has 0 aliphatic carbocycles. The molecule has 0 N–H and O–H groups in total. The Balaban J connectivity index is 1.51. The SMILES string of the molecule is CC(C)(CN1CCOCC1)CN1CCO[C@@H](Cc2ccccc2Cl)C1. The van der Waals surface area contributed by atoms with E-state index < -0.39 is 0 Å². The van der Waals surface area contributed by atoms with Crippen molar-refractivity contribution < 1.29 is 9.47 Å². The predicted octanol–water partition coefficient (Wildman–Crippen LogP) is 2.94. The van der Waals surface area contributed by atoms with E-state index in [1.54, 1.807) is 0 Å². The minimum Gasteiger partial charge on any atom is -0.379 e. The van der Waals surface area contributed by atoms with Crippen LogP contribution >= 0.6 is 11.6 Å². The number of benzene rings is 1. The first-order valence-corrected chi connectivity index (χ1v) is 9.77.